The molecule has 182 valence electrons. The summed E-state index contributed by atoms with van der Waals surface area (Å²) < 4.78 is 38.3. The van der Waals surface area contributed by atoms with Gasteiger partial charge in [0.15, 0.2) is 0 Å². The molecule has 4 rings (SSSR count). The SMILES string of the molecule is COc1ccc(/C=C/C(=O)N2CCN(c3cccc(C)c3)CC2)cc1S(=O)(=O)N1CCOCC1. The fraction of sp³-hybridized carbons (Fsp3) is 0.400. The number of piperazine rings is 1. The second-order valence-corrected chi connectivity index (χ2v) is 10.3. The predicted octanol–water partition coefficient (Wildman–Crippen LogP) is 2.39. The monoisotopic (exact) mass is 485 g/mol. The molecule has 0 bridgehead atoms. The largest absolute Gasteiger partial charge is 0.495 e. The van der Waals surface area contributed by atoms with Gasteiger partial charge in [0.2, 0.25) is 15.9 Å². The molecular formula is C25H31N3O5S. The highest BCUT2D eigenvalue weighted by molar-refractivity contribution is 7.89. The van der Waals surface area contributed by atoms with Crippen LogP contribution in [0.1, 0.15) is 11.1 Å². The van der Waals surface area contributed by atoms with Crippen LogP contribution in [0.15, 0.2) is 53.4 Å². The van der Waals surface area contributed by atoms with Crippen molar-refractivity contribution in [2.75, 3.05) is 64.5 Å². The van der Waals surface area contributed by atoms with Gasteiger partial charge in [-0.2, -0.15) is 4.31 Å². The van der Waals surface area contributed by atoms with Crippen LogP contribution in [-0.4, -0.2) is 83.1 Å². The van der Waals surface area contributed by atoms with Crippen molar-refractivity contribution in [3.8, 4) is 5.75 Å². The summed E-state index contributed by atoms with van der Waals surface area (Å²) in [5.74, 6) is 0.194. The minimum absolute atomic E-state index is 0.0858. The van der Waals surface area contributed by atoms with Crippen molar-refractivity contribution in [1.29, 1.82) is 0 Å². The first-order valence-electron chi connectivity index (χ1n) is 11.4. The number of hydrogen-bond donors (Lipinski definition) is 0. The Morgan fingerprint density at radius 1 is 1.00 bits per heavy atom. The van der Waals surface area contributed by atoms with Gasteiger partial charge in [-0.05, 0) is 48.4 Å². The van der Waals surface area contributed by atoms with E-state index in [1.165, 1.54) is 28.7 Å². The van der Waals surface area contributed by atoms with Crippen LogP contribution in [0, 0.1) is 6.92 Å². The lowest BCUT2D eigenvalue weighted by Crippen LogP contribution is -2.48. The number of aryl methyl sites for hydroxylation is 1. The van der Waals surface area contributed by atoms with Crippen LogP contribution >= 0.6 is 0 Å². The Morgan fingerprint density at radius 2 is 1.74 bits per heavy atom. The van der Waals surface area contributed by atoms with Gasteiger partial charge < -0.3 is 19.3 Å². The smallest absolute Gasteiger partial charge is 0.246 e. The molecule has 0 unspecified atom stereocenters. The minimum atomic E-state index is -3.73. The van der Waals surface area contributed by atoms with E-state index >= 15 is 0 Å². The number of sulfonamides is 1. The van der Waals surface area contributed by atoms with Crippen LogP contribution in [0.5, 0.6) is 5.75 Å². The van der Waals surface area contributed by atoms with Gasteiger partial charge in [-0.25, -0.2) is 8.42 Å². The number of anilines is 1. The third-order valence-corrected chi connectivity index (χ3v) is 8.07. The van der Waals surface area contributed by atoms with Crippen LogP contribution in [0.3, 0.4) is 0 Å². The van der Waals surface area contributed by atoms with Crippen LogP contribution in [-0.2, 0) is 19.6 Å². The number of hydrogen-bond acceptors (Lipinski definition) is 6. The van der Waals surface area contributed by atoms with Gasteiger partial charge in [0.05, 0.1) is 20.3 Å². The molecule has 0 N–H and O–H groups in total. The van der Waals surface area contributed by atoms with Crippen LogP contribution in [0.2, 0.25) is 0 Å². The van der Waals surface area contributed by atoms with Crippen molar-refractivity contribution in [1.82, 2.24) is 9.21 Å². The Bertz CT molecular complexity index is 1150. The highest BCUT2D eigenvalue weighted by Crippen LogP contribution is 2.29. The Balaban J connectivity index is 1.43. The normalized spacial score (nSPS) is 17.8. The zero-order chi connectivity index (χ0) is 24.1. The number of rotatable bonds is 6. The molecule has 0 radical (unpaired) electrons. The first-order chi connectivity index (χ1) is 16.4. The van der Waals surface area contributed by atoms with Crippen LogP contribution in [0.25, 0.3) is 6.08 Å². The molecule has 0 aliphatic carbocycles. The first kappa shape index (κ1) is 24.3. The summed E-state index contributed by atoms with van der Waals surface area (Å²) in [4.78, 5) is 17.0. The van der Waals surface area contributed by atoms with Gasteiger partial charge in [-0.1, -0.05) is 18.2 Å². The molecule has 2 fully saturated rings. The van der Waals surface area contributed by atoms with E-state index in [9.17, 15) is 13.2 Å². The quantitative estimate of drug-likeness (QED) is 0.585. The number of methoxy groups -OCH3 is 1. The van der Waals surface area contributed by atoms with E-state index in [4.69, 9.17) is 9.47 Å². The molecule has 34 heavy (non-hydrogen) atoms. The van der Waals surface area contributed by atoms with Crippen molar-refractivity contribution in [2.45, 2.75) is 11.8 Å². The second-order valence-electron chi connectivity index (χ2n) is 8.41. The van der Waals surface area contributed by atoms with Crippen molar-refractivity contribution < 1.29 is 22.7 Å². The zero-order valence-corrected chi connectivity index (χ0v) is 20.5. The molecule has 2 aliphatic rings. The van der Waals surface area contributed by atoms with Gasteiger partial charge in [-0.3, -0.25) is 4.79 Å². The molecule has 1 amide bonds. The third kappa shape index (κ3) is 5.43. The topological polar surface area (TPSA) is 79.4 Å². The molecule has 2 aromatic carbocycles. The molecule has 8 nitrogen and oxygen atoms in total. The summed E-state index contributed by atoms with van der Waals surface area (Å²) in [6.07, 6.45) is 3.17. The molecular weight excluding hydrogens is 454 g/mol. The van der Waals surface area contributed by atoms with Gasteiger partial charge >= 0.3 is 0 Å². The van der Waals surface area contributed by atoms with E-state index in [2.05, 4.69) is 30.0 Å². The molecule has 0 spiro atoms. The molecule has 2 heterocycles. The fourth-order valence-corrected chi connectivity index (χ4v) is 5.81. The van der Waals surface area contributed by atoms with E-state index < -0.39 is 10.0 Å². The maximum absolute atomic E-state index is 13.2. The number of morpholine rings is 1. The molecule has 0 aromatic heterocycles. The number of benzene rings is 2. The Labute approximate surface area is 201 Å². The third-order valence-electron chi connectivity index (χ3n) is 6.15. The van der Waals surface area contributed by atoms with Gasteiger partial charge in [-0.15, -0.1) is 0 Å². The Hall–Kier alpha value is -2.88. The van der Waals surface area contributed by atoms with Crippen molar-refractivity contribution in [3.63, 3.8) is 0 Å². The summed E-state index contributed by atoms with van der Waals surface area (Å²) in [6.45, 7) is 6.23. The van der Waals surface area contributed by atoms with E-state index in [0.717, 1.165) is 13.1 Å². The van der Waals surface area contributed by atoms with Crippen LogP contribution in [0.4, 0.5) is 5.69 Å². The number of amides is 1. The van der Waals surface area contributed by atoms with E-state index in [1.807, 2.05) is 11.0 Å². The maximum Gasteiger partial charge on any atom is 0.246 e. The fourth-order valence-electron chi connectivity index (χ4n) is 4.21. The predicted molar refractivity (Wildman–Crippen MR) is 132 cm³/mol. The highest BCUT2D eigenvalue weighted by Gasteiger charge is 2.29. The van der Waals surface area contributed by atoms with Crippen LogP contribution < -0.4 is 9.64 Å². The van der Waals surface area contributed by atoms with Crippen molar-refractivity contribution >= 4 is 27.7 Å². The first-order valence-corrected chi connectivity index (χ1v) is 12.9. The minimum Gasteiger partial charge on any atom is -0.495 e. The summed E-state index contributed by atoms with van der Waals surface area (Å²) in [6, 6.07) is 13.3. The van der Waals surface area contributed by atoms with Gasteiger partial charge in [0.25, 0.3) is 0 Å². The lowest BCUT2D eigenvalue weighted by molar-refractivity contribution is -0.126. The number of carbonyl (C=O) groups excluding carboxylic acids is 1. The maximum atomic E-state index is 13.2. The highest BCUT2D eigenvalue weighted by atomic mass is 32.2. The zero-order valence-electron chi connectivity index (χ0n) is 19.6. The van der Waals surface area contributed by atoms with Crippen molar-refractivity contribution in [3.05, 3.63) is 59.7 Å². The number of nitrogens with zero attached hydrogens (tertiary/aromatic N) is 3. The lowest BCUT2D eigenvalue weighted by atomic mass is 10.2. The molecule has 0 saturated carbocycles. The number of carbonyl (C=O) groups is 1. The summed E-state index contributed by atoms with van der Waals surface area (Å²) in [7, 11) is -2.28. The molecule has 2 saturated heterocycles. The van der Waals surface area contributed by atoms with E-state index in [1.54, 1.807) is 24.3 Å². The van der Waals surface area contributed by atoms with E-state index in [0.29, 0.717) is 45.0 Å². The van der Waals surface area contributed by atoms with Gasteiger partial charge in [0.1, 0.15) is 10.6 Å². The Kier molecular flexibility index (Phi) is 7.55. The summed E-state index contributed by atoms with van der Waals surface area (Å²) >= 11 is 0. The summed E-state index contributed by atoms with van der Waals surface area (Å²) in [5.41, 5.74) is 3.02. The molecule has 2 aliphatic heterocycles. The summed E-state index contributed by atoms with van der Waals surface area (Å²) in [5, 5.41) is 0. The van der Waals surface area contributed by atoms with Gasteiger partial charge in [0, 0.05) is 51.0 Å². The second kappa shape index (κ2) is 10.6. The van der Waals surface area contributed by atoms with Crippen molar-refractivity contribution in [2.24, 2.45) is 0 Å². The standard InChI is InChI=1S/C25H31N3O5S/c1-20-4-3-5-22(18-20)26-10-12-27(13-11-26)25(29)9-7-21-6-8-23(32-2)24(19-21)34(30,31)28-14-16-33-17-15-28/h3-9,18-19H,10-17H2,1-2H3/b9-7+. The lowest BCUT2D eigenvalue weighted by Gasteiger charge is -2.35. The van der Waals surface area contributed by atoms with E-state index in [-0.39, 0.29) is 16.6 Å². The molecule has 9 heteroatoms. The average Bonchev–Trinajstić information content (AvgIpc) is 2.87. The molecule has 2 aromatic rings. The average molecular weight is 486 g/mol. The Morgan fingerprint density at radius 3 is 2.41 bits per heavy atom. The molecule has 0 atom stereocenters. The number of ether oxygens (including phenoxy) is 2.